The number of hydrogen-bond donors (Lipinski definition) is 1. The molecule has 0 spiro atoms. The molecule has 0 amide bonds. The Kier molecular flexibility index (Phi) is 3.19. The van der Waals surface area contributed by atoms with Crippen molar-refractivity contribution in [2.45, 2.75) is 18.9 Å². The van der Waals surface area contributed by atoms with Crippen LogP contribution in [-0.4, -0.2) is 30.4 Å². The molecule has 1 atom stereocenters. The van der Waals surface area contributed by atoms with E-state index in [1.807, 2.05) is 12.1 Å². The van der Waals surface area contributed by atoms with Gasteiger partial charge in [-0.15, -0.1) is 0 Å². The van der Waals surface area contributed by atoms with Crippen LogP contribution in [0.3, 0.4) is 0 Å². The predicted molar refractivity (Wildman–Crippen MR) is 83.5 cm³/mol. The SMILES string of the molecule is CN1CCc2cc3c(cc2[C@H]1Cc1ccc(O)cc1)OCO3. The lowest BCUT2D eigenvalue weighted by Gasteiger charge is -2.35. The molecule has 114 valence electrons. The van der Waals surface area contributed by atoms with Crippen LogP contribution >= 0.6 is 0 Å². The van der Waals surface area contributed by atoms with Crippen molar-refractivity contribution in [1.29, 1.82) is 0 Å². The van der Waals surface area contributed by atoms with Crippen molar-refractivity contribution in [3.8, 4) is 17.2 Å². The van der Waals surface area contributed by atoms with Gasteiger partial charge in [-0.3, -0.25) is 4.90 Å². The fourth-order valence-corrected chi connectivity index (χ4v) is 3.34. The summed E-state index contributed by atoms with van der Waals surface area (Å²) in [4.78, 5) is 2.39. The molecule has 1 N–H and O–H groups in total. The summed E-state index contributed by atoms with van der Waals surface area (Å²) in [5.74, 6) is 2.03. The van der Waals surface area contributed by atoms with Gasteiger partial charge in [-0.2, -0.15) is 0 Å². The number of benzene rings is 2. The summed E-state index contributed by atoms with van der Waals surface area (Å²) in [6.07, 6.45) is 1.96. The van der Waals surface area contributed by atoms with Gasteiger partial charge in [-0.1, -0.05) is 12.1 Å². The summed E-state index contributed by atoms with van der Waals surface area (Å²) in [6, 6.07) is 12.1. The monoisotopic (exact) mass is 297 g/mol. The average Bonchev–Trinajstić information content (AvgIpc) is 2.97. The van der Waals surface area contributed by atoms with Gasteiger partial charge < -0.3 is 14.6 Å². The predicted octanol–water partition coefficient (Wildman–Crippen LogP) is 2.89. The Morgan fingerprint density at radius 2 is 1.86 bits per heavy atom. The maximum atomic E-state index is 9.44. The molecule has 4 nitrogen and oxygen atoms in total. The molecule has 0 saturated heterocycles. The third-order valence-electron chi connectivity index (χ3n) is 4.62. The van der Waals surface area contributed by atoms with Crippen molar-refractivity contribution >= 4 is 0 Å². The second-order valence-electron chi connectivity index (χ2n) is 6.02. The molecule has 4 heteroatoms. The number of aromatic hydroxyl groups is 1. The van der Waals surface area contributed by atoms with Gasteiger partial charge in [0.15, 0.2) is 11.5 Å². The molecule has 0 saturated carbocycles. The summed E-state index contributed by atoms with van der Waals surface area (Å²) in [5.41, 5.74) is 3.90. The molecule has 2 aromatic rings. The highest BCUT2D eigenvalue weighted by atomic mass is 16.7. The van der Waals surface area contributed by atoms with E-state index in [4.69, 9.17) is 9.47 Å². The van der Waals surface area contributed by atoms with Crippen molar-refractivity contribution in [1.82, 2.24) is 4.90 Å². The Morgan fingerprint density at radius 1 is 1.14 bits per heavy atom. The van der Waals surface area contributed by atoms with Gasteiger partial charge in [0.2, 0.25) is 6.79 Å². The van der Waals surface area contributed by atoms with Gasteiger partial charge in [0.1, 0.15) is 5.75 Å². The van der Waals surface area contributed by atoms with Crippen LogP contribution in [0.4, 0.5) is 0 Å². The lowest BCUT2D eigenvalue weighted by molar-refractivity contribution is 0.174. The first-order chi connectivity index (χ1) is 10.7. The number of hydrogen-bond acceptors (Lipinski definition) is 4. The average molecular weight is 297 g/mol. The molecule has 2 aromatic carbocycles. The second-order valence-corrected chi connectivity index (χ2v) is 6.02. The highest BCUT2D eigenvalue weighted by molar-refractivity contribution is 5.51. The number of fused-ring (bicyclic) bond motifs is 2. The van der Waals surface area contributed by atoms with E-state index in [2.05, 4.69) is 24.1 Å². The number of phenolic OH excluding ortho intramolecular Hbond substituents is 1. The Morgan fingerprint density at radius 3 is 2.64 bits per heavy atom. The van der Waals surface area contributed by atoms with Crippen LogP contribution < -0.4 is 9.47 Å². The van der Waals surface area contributed by atoms with Gasteiger partial charge in [0.05, 0.1) is 0 Å². The van der Waals surface area contributed by atoms with E-state index < -0.39 is 0 Å². The molecular formula is C18H19NO3. The minimum absolute atomic E-state index is 0.310. The zero-order chi connectivity index (χ0) is 15.1. The van der Waals surface area contributed by atoms with E-state index in [-0.39, 0.29) is 0 Å². The van der Waals surface area contributed by atoms with Gasteiger partial charge in [0.25, 0.3) is 0 Å². The first-order valence-corrected chi connectivity index (χ1v) is 7.61. The standard InChI is InChI=1S/C18H19NO3/c1-19-7-6-13-9-17-18(22-11-21-17)10-15(13)16(19)8-12-2-4-14(20)5-3-12/h2-5,9-10,16,20H,6-8,11H2,1H3/t16-/m1/s1. The van der Waals surface area contributed by atoms with Crippen molar-refractivity contribution in [2.75, 3.05) is 20.4 Å². The van der Waals surface area contributed by atoms with Gasteiger partial charge >= 0.3 is 0 Å². The number of phenols is 1. The highest BCUT2D eigenvalue weighted by Crippen LogP contribution is 2.41. The molecule has 0 fully saturated rings. The zero-order valence-electron chi connectivity index (χ0n) is 12.6. The van der Waals surface area contributed by atoms with Crippen LogP contribution in [0.1, 0.15) is 22.7 Å². The Bertz CT molecular complexity index is 696. The molecule has 4 rings (SSSR count). The summed E-state index contributed by atoms with van der Waals surface area (Å²) < 4.78 is 11.0. The van der Waals surface area contributed by atoms with Crippen molar-refractivity contribution < 1.29 is 14.6 Å². The number of ether oxygens (including phenoxy) is 2. The molecule has 0 unspecified atom stereocenters. The normalized spacial score (nSPS) is 20.0. The van der Waals surface area contributed by atoms with E-state index in [1.54, 1.807) is 12.1 Å². The maximum Gasteiger partial charge on any atom is 0.231 e. The quantitative estimate of drug-likeness (QED) is 0.925. The third-order valence-corrected chi connectivity index (χ3v) is 4.62. The number of rotatable bonds is 2. The number of likely N-dealkylation sites (N-methyl/N-ethyl adjacent to an activating group) is 1. The third kappa shape index (κ3) is 2.29. The van der Waals surface area contributed by atoms with Crippen LogP contribution in [0.5, 0.6) is 17.2 Å². The van der Waals surface area contributed by atoms with E-state index in [0.717, 1.165) is 30.9 Å². The van der Waals surface area contributed by atoms with Crippen LogP contribution in [-0.2, 0) is 12.8 Å². The largest absolute Gasteiger partial charge is 0.508 e. The summed E-state index contributed by atoms with van der Waals surface area (Å²) >= 11 is 0. The van der Waals surface area contributed by atoms with Crippen molar-refractivity contribution in [2.24, 2.45) is 0 Å². The van der Waals surface area contributed by atoms with Crippen molar-refractivity contribution in [3.05, 3.63) is 53.1 Å². The van der Waals surface area contributed by atoms with Crippen LogP contribution in [0.25, 0.3) is 0 Å². The summed E-state index contributed by atoms with van der Waals surface area (Å²) in [7, 11) is 2.17. The van der Waals surface area contributed by atoms with Gasteiger partial charge in [0, 0.05) is 12.6 Å². The number of nitrogens with zero attached hydrogens (tertiary/aromatic N) is 1. The van der Waals surface area contributed by atoms with Crippen LogP contribution in [0, 0.1) is 0 Å². The molecule has 0 aromatic heterocycles. The minimum Gasteiger partial charge on any atom is -0.508 e. The first-order valence-electron chi connectivity index (χ1n) is 7.61. The highest BCUT2D eigenvalue weighted by Gasteiger charge is 2.28. The summed E-state index contributed by atoms with van der Waals surface area (Å²) in [6.45, 7) is 1.35. The Hall–Kier alpha value is -2.20. The maximum absolute atomic E-state index is 9.44. The second kappa shape index (κ2) is 5.21. The smallest absolute Gasteiger partial charge is 0.231 e. The molecule has 2 aliphatic heterocycles. The lowest BCUT2D eigenvalue weighted by atomic mass is 9.88. The fraction of sp³-hybridized carbons (Fsp3) is 0.333. The van der Waals surface area contributed by atoms with E-state index >= 15 is 0 Å². The molecule has 22 heavy (non-hydrogen) atoms. The Balaban J connectivity index is 1.69. The van der Waals surface area contributed by atoms with Crippen LogP contribution in [0.2, 0.25) is 0 Å². The van der Waals surface area contributed by atoms with E-state index in [1.165, 1.54) is 16.7 Å². The van der Waals surface area contributed by atoms with E-state index in [9.17, 15) is 5.11 Å². The fourth-order valence-electron chi connectivity index (χ4n) is 3.34. The minimum atomic E-state index is 0.310. The zero-order valence-corrected chi connectivity index (χ0v) is 12.6. The molecule has 0 aliphatic carbocycles. The first kappa shape index (κ1) is 13.5. The molecule has 0 radical (unpaired) electrons. The summed E-state index contributed by atoms with van der Waals surface area (Å²) in [5, 5.41) is 9.44. The lowest BCUT2D eigenvalue weighted by Crippen LogP contribution is -2.33. The van der Waals surface area contributed by atoms with Gasteiger partial charge in [-0.25, -0.2) is 0 Å². The molecular weight excluding hydrogens is 278 g/mol. The van der Waals surface area contributed by atoms with Gasteiger partial charge in [-0.05, 0) is 60.8 Å². The molecule has 2 aliphatic rings. The topological polar surface area (TPSA) is 41.9 Å². The Labute approximate surface area is 129 Å². The van der Waals surface area contributed by atoms with Crippen LogP contribution in [0.15, 0.2) is 36.4 Å². The van der Waals surface area contributed by atoms with Crippen molar-refractivity contribution in [3.63, 3.8) is 0 Å². The van der Waals surface area contributed by atoms with E-state index in [0.29, 0.717) is 18.6 Å². The molecule has 2 heterocycles. The molecule has 0 bridgehead atoms.